The summed E-state index contributed by atoms with van der Waals surface area (Å²) in [7, 11) is 1.56. The molecule has 1 heterocycles. The zero-order chi connectivity index (χ0) is 16.9. The number of hydrogen-bond donors (Lipinski definition) is 0. The third-order valence-electron chi connectivity index (χ3n) is 5.21. The van der Waals surface area contributed by atoms with Gasteiger partial charge in [-0.3, -0.25) is 0 Å². The molecule has 2 aromatic carbocycles. The van der Waals surface area contributed by atoms with Gasteiger partial charge in [0.25, 0.3) is 5.92 Å². The lowest BCUT2D eigenvalue weighted by atomic mass is 9.63. The molecule has 0 aromatic heterocycles. The molecule has 126 valence electrons. The van der Waals surface area contributed by atoms with Crippen molar-refractivity contribution in [2.75, 3.05) is 7.11 Å². The van der Waals surface area contributed by atoms with Gasteiger partial charge in [-0.2, -0.15) is 0 Å². The smallest absolute Gasteiger partial charge is 0.251 e. The van der Waals surface area contributed by atoms with Gasteiger partial charge in [-0.25, -0.2) is 13.2 Å². The van der Waals surface area contributed by atoms with Gasteiger partial charge in [0.05, 0.1) is 12.5 Å². The van der Waals surface area contributed by atoms with E-state index in [1.807, 2.05) is 12.1 Å². The summed E-state index contributed by atoms with van der Waals surface area (Å²) >= 11 is 0. The van der Waals surface area contributed by atoms with E-state index < -0.39 is 29.7 Å². The molecule has 0 bridgehead atoms. The van der Waals surface area contributed by atoms with Crippen LogP contribution in [0.15, 0.2) is 42.5 Å². The van der Waals surface area contributed by atoms with Crippen LogP contribution < -0.4 is 9.47 Å². The number of methoxy groups -OCH3 is 1. The number of fused-ring (bicyclic) bond motifs is 3. The van der Waals surface area contributed by atoms with Crippen molar-refractivity contribution in [1.82, 2.24) is 0 Å². The summed E-state index contributed by atoms with van der Waals surface area (Å²) in [6.45, 7) is 0. The molecule has 2 atom stereocenters. The lowest BCUT2D eigenvalue weighted by Gasteiger charge is -2.41. The SMILES string of the molecule is COc1ccc(C23CCC(F)(F)CC2Oc2cccc(F)c23)cc1. The zero-order valence-electron chi connectivity index (χ0n) is 13.2. The second-order valence-corrected chi connectivity index (χ2v) is 6.48. The Morgan fingerprint density at radius 3 is 2.54 bits per heavy atom. The number of benzene rings is 2. The molecule has 1 aliphatic heterocycles. The molecule has 2 unspecified atom stereocenters. The molecular weight excluding hydrogens is 317 g/mol. The quantitative estimate of drug-likeness (QED) is 0.792. The highest BCUT2D eigenvalue weighted by Crippen LogP contribution is 2.57. The topological polar surface area (TPSA) is 18.5 Å². The minimum Gasteiger partial charge on any atom is -0.497 e. The molecule has 0 spiro atoms. The third-order valence-corrected chi connectivity index (χ3v) is 5.21. The van der Waals surface area contributed by atoms with Gasteiger partial charge < -0.3 is 9.47 Å². The maximum Gasteiger partial charge on any atom is 0.251 e. The molecule has 0 amide bonds. The molecule has 5 heteroatoms. The molecule has 24 heavy (non-hydrogen) atoms. The average molecular weight is 334 g/mol. The monoisotopic (exact) mass is 334 g/mol. The number of ether oxygens (including phenoxy) is 2. The normalized spacial score (nSPS) is 27.1. The van der Waals surface area contributed by atoms with E-state index in [0.717, 1.165) is 5.56 Å². The van der Waals surface area contributed by atoms with Crippen molar-refractivity contribution in [3.05, 3.63) is 59.4 Å². The number of rotatable bonds is 2. The standard InChI is InChI=1S/C19H17F3O2/c1-23-13-7-5-12(6-8-13)19-10-9-18(21,22)11-16(19)24-15-4-2-3-14(20)17(15)19/h2-8,16H,9-11H2,1H3. The zero-order valence-corrected chi connectivity index (χ0v) is 13.2. The highest BCUT2D eigenvalue weighted by Gasteiger charge is 2.58. The van der Waals surface area contributed by atoms with E-state index in [-0.39, 0.29) is 12.8 Å². The van der Waals surface area contributed by atoms with Crippen LogP contribution in [0, 0.1) is 5.82 Å². The van der Waals surface area contributed by atoms with Crippen LogP contribution in [0.2, 0.25) is 0 Å². The van der Waals surface area contributed by atoms with Crippen LogP contribution in [0.25, 0.3) is 0 Å². The van der Waals surface area contributed by atoms with Crippen LogP contribution in [0.3, 0.4) is 0 Å². The van der Waals surface area contributed by atoms with Gasteiger partial charge in [0.2, 0.25) is 0 Å². The Morgan fingerprint density at radius 1 is 1.08 bits per heavy atom. The second-order valence-electron chi connectivity index (χ2n) is 6.48. The number of alkyl halides is 2. The van der Waals surface area contributed by atoms with E-state index >= 15 is 0 Å². The first-order valence-corrected chi connectivity index (χ1v) is 7.94. The highest BCUT2D eigenvalue weighted by atomic mass is 19.3. The first kappa shape index (κ1) is 15.4. The maximum atomic E-state index is 14.6. The predicted octanol–water partition coefficient (Wildman–Crippen LogP) is 4.70. The van der Waals surface area contributed by atoms with Crippen molar-refractivity contribution in [3.63, 3.8) is 0 Å². The summed E-state index contributed by atoms with van der Waals surface area (Å²) in [6.07, 6.45) is -1.33. The summed E-state index contributed by atoms with van der Waals surface area (Å²) in [5, 5.41) is 0. The number of halogens is 3. The van der Waals surface area contributed by atoms with Crippen LogP contribution >= 0.6 is 0 Å². The summed E-state index contributed by atoms with van der Waals surface area (Å²) in [5.41, 5.74) is 0.303. The van der Waals surface area contributed by atoms with Crippen molar-refractivity contribution in [2.24, 2.45) is 0 Å². The Kier molecular flexibility index (Phi) is 3.31. The Labute approximate surface area is 138 Å². The largest absolute Gasteiger partial charge is 0.497 e. The van der Waals surface area contributed by atoms with E-state index in [1.165, 1.54) is 6.07 Å². The fourth-order valence-electron chi connectivity index (χ4n) is 4.07. The Balaban J connectivity index is 1.90. The Hall–Kier alpha value is -2.17. The molecule has 0 saturated heterocycles. The molecule has 0 radical (unpaired) electrons. The molecule has 1 aliphatic carbocycles. The van der Waals surface area contributed by atoms with Crippen LogP contribution in [-0.4, -0.2) is 19.1 Å². The van der Waals surface area contributed by atoms with Crippen molar-refractivity contribution in [1.29, 1.82) is 0 Å². The van der Waals surface area contributed by atoms with Gasteiger partial charge in [0.15, 0.2) is 0 Å². The van der Waals surface area contributed by atoms with E-state index in [1.54, 1.807) is 31.4 Å². The van der Waals surface area contributed by atoms with E-state index in [2.05, 4.69) is 0 Å². The molecule has 2 aromatic rings. The van der Waals surface area contributed by atoms with E-state index in [9.17, 15) is 13.2 Å². The predicted molar refractivity (Wildman–Crippen MR) is 83.4 cm³/mol. The van der Waals surface area contributed by atoms with Gasteiger partial charge >= 0.3 is 0 Å². The molecule has 4 rings (SSSR count). The molecule has 2 nitrogen and oxygen atoms in total. The van der Waals surface area contributed by atoms with Gasteiger partial charge in [-0.05, 0) is 36.2 Å². The first-order valence-electron chi connectivity index (χ1n) is 7.94. The van der Waals surface area contributed by atoms with Crippen molar-refractivity contribution < 1.29 is 22.6 Å². The minimum absolute atomic E-state index is 0.144. The Bertz CT molecular complexity index is 773. The maximum absolute atomic E-state index is 14.6. The Morgan fingerprint density at radius 2 is 1.83 bits per heavy atom. The molecule has 1 fully saturated rings. The van der Waals surface area contributed by atoms with Gasteiger partial charge in [-0.15, -0.1) is 0 Å². The highest BCUT2D eigenvalue weighted by molar-refractivity contribution is 5.54. The van der Waals surface area contributed by atoms with Gasteiger partial charge in [0, 0.05) is 18.4 Å². The van der Waals surface area contributed by atoms with Crippen LogP contribution in [-0.2, 0) is 5.41 Å². The number of hydrogen-bond acceptors (Lipinski definition) is 2. The van der Waals surface area contributed by atoms with Crippen molar-refractivity contribution >= 4 is 0 Å². The van der Waals surface area contributed by atoms with E-state index in [0.29, 0.717) is 17.1 Å². The molecular formula is C19H17F3O2. The molecule has 0 N–H and O–H groups in total. The van der Waals surface area contributed by atoms with Gasteiger partial charge in [-0.1, -0.05) is 18.2 Å². The lowest BCUT2D eigenvalue weighted by molar-refractivity contribution is -0.0832. The lowest BCUT2D eigenvalue weighted by Crippen LogP contribution is -2.48. The van der Waals surface area contributed by atoms with Crippen molar-refractivity contribution in [2.45, 2.75) is 36.7 Å². The van der Waals surface area contributed by atoms with Gasteiger partial charge in [0.1, 0.15) is 23.4 Å². The average Bonchev–Trinajstić information content (AvgIpc) is 2.89. The first-order chi connectivity index (χ1) is 11.5. The molecule has 1 saturated carbocycles. The summed E-state index contributed by atoms with van der Waals surface area (Å²) < 4.78 is 53.5. The van der Waals surface area contributed by atoms with Crippen LogP contribution in [0.5, 0.6) is 11.5 Å². The fraction of sp³-hybridized carbons (Fsp3) is 0.368. The van der Waals surface area contributed by atoms with Crippen LogP contribution in [0.1, 0.15) is 30.4 Å². The molecule has 2 aliphatic rings. The third kappa shape index (κ3) is 2.10. The van der Waals surface area contributed by atoms with Crippen molar-refractivity contribution in [3.8, 4) is 11.5 Å². The summed E-state index contributed by atoms with van der Waals surface area (Å²) in [5.74, 6) is -2.16. The minimum atomic E-state index is -2.79. The summed E-state index contributed by atoms with van der Waals surface area (Å²) in [6, 6.07) is 11.7. The summed E-state index contributed by atoms with van der Waals surface area (Å²) in [4.78, 5) is 0. The fourth-order valence-corrected chi connectivity index (χ4v) is 4.07. The van der Waals surface area contributed by atoms with E-state index in [4.69, 9.17) is 9.47 Å². The second kappa shape index (κ2) is 5.16. The van der Waals surface area contributed by atoms with Crippen LogP contribution in [0.4, 0.5) is 13.2 Å².